The second kappa shape index (κ2) is 6.25. The van der Waals surface area contributed by atoms with Crippen LogP contribution < -0.4 is 5.32 Å². The summed E-state index contributed by atoms with van der Waals surface area (Å²) < 4.78 is 0. The molecule has 1 amide bonds. The molecular weight excluding hydrogens is 248 g/mol. The molecule has 3 atom stereocenters. The van der Waals surface area contributed by atoms with Gasteiger partial charge >= 0.3 is 0 Å². The van der Waals surface area contributed by atoms with Crippen LogP contribution in [0.4, 0.5) is 0 Å². The van der Waals surface area contributed by atoms with E-state index in [0.717, 1.165) is 26.1 Å². The Labute approximate surface area is 117 Å². The highest BCUT2D eigenvalue weighted by Gasteiger charge is 2.39. The minimum atomic E-state index is -0.297. The van der Waals surface area contributed by atoms with E-state index in [1.807, 2.05) is 0 Å². The van der Waals surface area contributed by atoms with Crippen molar-refractivity contribution in [3.63, 3.8) is 0 Å². The number of likely N-dealkylation sites (tertiary alicyclic amines) is 1. The normalized spacial score (nSPS) is 36.9. The molecule has 1 N–H and O–H groups in total. The minimum Gasteiger partial charge on any atom is -0.341 e. The lowest BCUT2D eigenvalue weighted by Gasteiger charge is -2.42. The molecule has 0 aromatic rings. The highest BCUT2D eigenvalue weighted by Crippen LogP contribution is 2.26. The number of carbonyl (C=O) groups excluding carboxylic acids is 1. The molecule has 2 heterocycles. The summed E-state index contributed by atoms with van der Waals surface area (Å²) in [5, 5.41) is 3.43. The van der Waals surface area contributed by atoms with E-state index in [2.05, 4.69) is 31.0 Å². The van der Waals surface area contributed by atoms with Gasteiger partial charge in [-0.25, -0.2) is 0 Å². The van der Waals surface area contributed by atoms with Gasteiger partial charge in [-0.05, 0) is 51.0 Å². The van der Waals surface area contributed by atoms with E-state index < -0.39 is 0 Å². The molecule has 0 aromatic heterocycles. The molecule has 0 bridgehead atoms. The summed E-state index contributed by atoms with van der Waals surface area (Å²) in [5.41, 5.74) is -0.297. The Morgan fingerprint density at radius 1 is 1.22 bits per heavy atom. The number of hydrogen-bond donors (Lipinski definition) is 1. The third kappa shape index (κ3) is 3.39. The Kier molecular flexibility index (Phi) is 5.47. The van der Waals surface area contributed by atoms with Gasteiger partial charge in [0.15, 0.2) is 0 Å². The summed E-state index contributed by atoms with van der Waals surface area (Å²) in [6.45, 7) is 9.47. The quantitative estimate of drug-likeness (QED) is 0.797. The molecule has 3 nitrogen and oxygen atoms in total. The highest BCUT2D eigenvalue weighted by molar-refractivity contribution is 5.86. The molecule has 2 saturated heterocycles. The lowest BCUT2D eigenvalue weighted by Crippen LogP contribution is -2.60. The maximum atomic E-state index is 12.6. The van der Waals surface area contributed by atoms with E-state index in [1.165, 1.54) is 19.3 Å². The molecule has 0 saturated carbocycles. The maximum Gasteiger partial charge on any atom is 0.242 e. The fraction of sp³-hybridized carbons (Fsp3) is 0.929. The Morgan fingerprint density at radius 2 is 1.83 bits per heavy atom. The van der Waals surface area contributed by atoms with Crippen molar-refractivity contribution in [2.24, 2.45) is 11.8 Å². The largest absolute Gasteiger partial charge is 0.341 e. The van der Waals surface area contributed by atoms with Crippen LogP contribution in [0.1, 0.15) is 46.5 Å². The van der Waals surface area contributed by atoms with Crippen molar-refractivity contribution in [3.05, 3.63) is 0 Å². The molecule has 106 valence electrons. The van der Waals surface area contributed by atoms with Crippen LogP contribution in [-0.4, -0.2) is 36.0 Å². The van der Waals surface area contributed by atoms with Gasteiger partial charge in [-0.2, -0.15) is 0 Å². The average Bonchev–Trinajstić information content (AvgIpc) is 2.27. The van der Waals surface area contributed by atoms with E-state index in [0.29, 0.717) is 17.7 Å². The van der Waals surface area contributed by atoms with Crippen LogP contribution in [0, 0.1) is 11.8 Å². The van der Waals surface area contributed by atoms with Crippen LogP contribution in [0.5, 0.6) is 0 Å². The second-order valence-electron chi connectivity index (χ2n) is 6.37. The molecule has 2 fully saturated rings. The number of rotatable bonds is 1. The number of hydrogen-bond acceptors (Lipinski definition) is 2. The van der Waals surface area contributed by atoms with Gasteiger partial charge in [-0.1, -0.05) is 13.8 Å². The first-order valence-corrected chi connectivity index (χ1v) is 7.05. The van der Waals surface area contributed by atoms with Crippen molar-refractivity contribution in [1.29, 1.82) is 0 Å². The fourth-order valence-corrected chi connectivity index (χ4v) is 3.42. The van der Waals surface area contributed by atoms with Crippen molar-refractivity contribution in [3.8, 4) is 0 Å². The molecule has 0 radical (unpaired) electrons. The molecule has 2 rings (SSSR count). The minimum absolute atomic E-state index is 0. The third-order valence-electron chi connectivity index (χ3n) is 4.25. The Hall–Kier alpha value is -0.280. The molecule has 18 heavy (non-hydrogen) atoms. The van der Waals surface area contributed by atoms with Crippen LogP contribution in [0.3, 0.4) is 0 Å². The molecule has 2 aliphatic heterocycles. The van der Waals surface area contributed by atoms with Gasteiger partial charge in [-0.15, -0.1) is 12.4 Å². The van der Waals surface area contributed by atoms with Crippen molar-refractivity contribution in [1.82, 2.24) is 10.2 Å². The van der Waals surface area contributed by atoms with Crippen LogP contribution in [0.2, 0.25) is 0 Å². The number of halogens is 1. The molecule has 4 heteroatoms. The SMILES string of the molecule is CC1CC(C)CN(C(=O)C2(C)CCCCN2)C1.Cl. The van der Waals surface area contributed by atoms with E-state index >= 15 is 0 Å². The fourth-order valence-electron chi connectivity index (χ4n) is 3.42. The molecular formula is C14H27ClN2O. The lowest BCUT2D eigenvalue weighted by atomic mass is 9.86. The number of amides is 1. The first-order chi connectivity index (χ1) is 8.01. The number of carbonyl (C=O) groups is 1. The van der Waals surface area contributed by atoms with Gasteiger partial charge in [-0.3, -0.25) is 4.79 Å². The predicted octanol–water partition coefficient (Wildman–Crippen LogP) is 2.44. The van der Waals surface area contributed by atoms with Crippen LogP contribution in [0.15, 0.2) is 0 Å². The first kappa shape index (κ1) is 15.8. The van der Waals surface area contributed by atoms with Gasteiger partial charge in [0.1, 0.15) is 0 Å². The van der Waals surface area contributed by atoms with E-state index in [1.54, 1.807) is 0 Å². The summed E-state index contributed by atoms with van der Waals surface area (Å²) in [6, 6.07) is 0. The lowest BCUT2D eigenvalue weighted by molar-refractivity contribution is -0.141. The molecule has 2 aliphatic rings. The van der Waals surface area contributed by atoms with Gasteiger partial charge in [0.25, 0.3) is 0 Å². The number of nitrogens with one attached hydrogen (secondary N) is 1. The summed E-state index contributed by atoms with van der Waals surface area (Å²) in [5.74, 6) is 1.63. The van der Waals surface area contributed by atoms with E-state index in [-0.39, 0.29) is 17.9 Å². The topological polar surface area (TPSA) is 32.3 Å². The Bertz CT molecular complexity index is 280. The zero-order chi connectivity index (χ0) is 12.5. The van der Waals surface area contributed by atoms with Crippen LogP contribution >= 0.6 is 12.4 Å². The van der Waals surface area contributed by atoms with Gasteiger partial charge in [0.05, 0.1) is 5.54 Å². The third-order valence-corrected chi connectivity index (χ3v) is 4.25. The van der Waals surface area contributed by atoms with Gasteiger partial charge in [0.2, 0.25) is 5.91 Å². The van der Waals surface area contributed by atoms with Crippen LogP contribution in [0.25, 0.3) is 0 Å². The summed E-state index contributed by atoms with van der Waals surface area (Å²) in [6.07, 6.45) is 4.63. The highest BCUT2D eigenvalue weighted by atomic mass is 35.5. The predicted molar refractivity (Wildman–Crippen MR) is 77.0 cm³/mol. The van der Waals surface area contributed by atoms with Gasteiger partial charge < -0.3 is 10.2 Å². The van der Waals surface area contributed by atoms with Crippen molar-refractivity contribution in [2.45, 2.75) is 52.0 Å². The number of nitrogens with zero attached hydrogens (tertiary/aromatic N) is 1. The van der Waals surface area contributed by atoms with Crippen molar-refractivity contribution < 1.29 is 4.79 Å². The summed E-state index contributed by atoms with van der Waals surface area (Å²) in [7, 11) is 0. The summed E-state index contributed by atoms with van der Waals surface area (Å²) >= 11 is 0. The first-order valence-electron chi connectivity index (χ1n) is 7.05. The molecule has 0 spiro atoms. The Balaban J connectivity index is 0.00000162. The number of piperidine rings is 2. The average molecular weight is 275 g/mol. The zero-order valence-electron chi connectivity index (χ0n) is 11.9. The van der Waals surface area contributed by atoms with E-state index in [9.17, 15) is 4.79 Å². The van der Waals surface area contributed by atoms with E-state index in [4.69, 9.17) is 0 Å². The summed E-state index contributed by atoms with van der Waals surface area (Å²) in [4.78, 5) is 14.7. The van der Waals surface area contributed by atoms with Gasteiger partial charge in [0, 0.05) is 13.1 Å². The van der Waals surface area contributed by atoms with Crippen molar-refractivity contribution in [2.75, 3.05) is 19.6 Å². The zero-order valence-corrected chi connectivity index (χ0v) is 12.7. The monoisotopic (exact) mass is 274 g/mol. The van der Waals surface area contributed by atoms with Crippen LogP contribution in [-0.2, 0) is 4.79 Å². The molecule has 3 unspecified atom stereocenters. The van der Waals surface area contributed by atoms with Crippen molar-refractivity contribution >= 4 is 18.3 Å². The Morgan fingerprint density at radius 3 is 2.33 bits per heavy atom. The molecule has 0 aliphatic carbocycles. The standard InChI is InChI=1S/C14H26N2O.ClH/c1-11-8-12(2)10-16(9-11)13(17)14(3)6-4-5-7-15-14;/h11-12,15H,4-10H2,1-3H3;1H. The maximum absolute atomic E-state index is 12.6. The molecule has 0 aromatic carbocycles. The second-order valence-corrected chi connectivity index (χ2v) is 6.37. The smallest absolute Gasteiger partial charge is 0.242 e.